The summed E-state index contributed by atoms with van der Waals surface area (Å²) in [5.74, 6) is 0.114. The van der Waals surface area contributed by atoms with E-state index in [1.54, 1.807) is 13.8 Å². The second-order valence-electron chi connectivity index (χ2n) is 6.28. The summed E-state index contributed by atoms with van der Waals surface area (Å²) in [5.41, 5.74) is 0. The molecule has 0 bridgehead atoms. The molecule has 2 atom stereocenters. The molecule has 1 amide bonds. The topological polar surface area (TPSA) is 66.4 Å². The van der Waals surface area contributed by atoms with Crippen LogP contribution in [-0.4, -0.2) is 23.0 Å². The molecule has 2 unspecified atom stereocenters. The third kappa shape index (κ3) is 4.51. The van der Waals surface area contributed by atoms with Gasteiger partial charge < -0.3 is 10.4 Å². The molecule has 1 aliphatic carbocycles. The first-order valence-corrected chi connectivity index (χ1v) is 7.36. The van der Waals surface area contributed by atoms with E-state index in [1.807, 2.05) is 0 Å². The molecular weight excluding hydrogens is 242 g/mol. The summed E-state index contributed by atoms with van der Waals surface area (Å²) in [6.07, 6.45) is 4.09. The van der Waals surface area contributed by atoms with Crippen LogP contribution in [0.1, 0.15) is 53.4 Å². The molecule has 1 fully saturated rings. The highest BCUT2D eigenvalue weighted by Crippen LogP contribution is 2.33. The van der Waals surface area contributed by atoms with Crippen molar-refractivity contribution in [3.63, 3.8) is 0 Å². The fraction of sp³-hybridized carbons (Fsp3) is 0.867. The number of carbonyl (C=O) groups excluding carboxylic acids is 1. The second kappa shape index (κ2) is 6.92. The monoisotopic (exact) mass is 269 g/mol. The molecule has 19 heavy (non-hydrogen) atoms. The first-order valence-electron chi connectivity index (χ1n) is 7.36. The molecule has 2 N–H and O–H groups in total. The van der Waals surface area contributed by atoms with Crippen molar-refractivity contribution in [3.8, 4) is 0 Å². The summed E-state index contributed by atoms with van der Waals surface area (Å²) >= 11 is 0. The number of amides is 1. The molecule has 0 aliphatic heterocycles. The van der Waals surface area contributed by atoms with Gasteiger partial charge in [-0.15, -0.1) is 0 Å². The summed E-state index contributed by atoms with van der Waals surface area (Å²) in [6, 6.07) is -0.312. The van der Waals surface area contributed by atoms with Gasteiger partial charge in [0.25, 0.3) is 0 Å². The predicted molar refractivity (Wildman–Crippen MR) is 74.7 cm³/mol. The van der Waals surface area contributed by atoms with E-state index in [2.05, 4.69) is 19.2 Å². The third-order valence-electron chi connectivity index (χ3n) is 4.59. The van der Waals surface area contributed by atoms with Crippen molar-refractivity contribution in [2.24, 2.45) is 23.7 Å². The Morgan fingerprint density at radius 3 is 2.00 bits per heavy atom. The lowest BCUT2D eigenvalue weighted by atomic mass is 9.76. The average molecular weight is 269 g/mol. The van der Waals surface area contributed by atoms with Gasteiger partial charge in [0.05, 0.1) is 5.92 Å². The highest BCUT2D eigenvalue weighted by atomic mass is 16.4. The van der Waals surface area contributed by atoms with Crippen LogP contribution in [0.15, 0.2) is 0 Å². The van der Waals surface area contributed by atoms with Crippen LogP contribution >= 0.6 is 0 Å². The summed E-state index contributed by atoms with van der Waals surface area (Å²) in [4.78, 5) is 23.0. The maximum absolute atomic E-state index is 12.1. The van der Waals surface area contributed by atoms with E-state index in [0.29, 0.717) is 5.92 Å². The average Bonchev–Trinajstić information content (AvgIpc) is 2.37. The zero-order chi connectivity index (χ0) is 14.6. The molecular formula is C15H27NO3. The van der Waals surface area contributed by atoms with Crippen molar-refractivity contribution < 1.29 is 14.7 Å². The number of aliphatic carboxylic acids is 1. The van der Waals surface area contributed by atoms with Crippen molar-refractivity contribution >= 4 is 11.9 Å². The van der Waals surface area contributed by atoms with Crippen LogP contribution in [0.4, 0.5) is 0 Å². The number of hydrogen-bond acceptors (Lipinski definition) is 2. The summed E-state index contributed by atoms with van der Waals surface area (Å²) in [7, 11) is 0. The van der Waals surface area contributed by atoms with Gasteiger partial charge in [0.1, 0.15) is 0 Å². The van der Waals surface area contributed by atoms with E-state index >= 15 is 0 Å². The lowest BCUT2D eigenvalue weighted by Crippen LogP contribution is -2.43. The summed E-state index contributed by atoms with van der Waals surface area (Å²) in [6.45, 7) is 7.86. The minimum absolute atomic E-state index is 0.0304. The molecule has 0 saturated heterocycles. The fourth-order valence-corrected chi connectivity index (χ4v) is 2.73. The molecule has 110 valence electrons. The van der Waals surface area contributed by atoms with Gasteiger partial charge in [0.2, 0.25) is 5.91 Å². The Balaban J connectivity index is 2.41. The lowest BCUT2D eigenvalue weighted by molar-refractivity contribution is -0.142. The van der Waals surface area contributed by atoms with Gasteiger partial charge in [0.15, 0.2) is 0 Å². The van der Waals surface area contributed by atoms with Gasteiger partial charge >= 0.3 is 5.97 Å². The zero-order valence-corrected chi connectivity index (χ0v) is 12.5. The van der Waals surface area contributed by atoms with Gasteiger partial charge in [-0.3, -0.25) is 9.59 Å². The first-order chi connectivity index (χ1) is 8.82. The maximum atomic E-state index is 12.1. The molecule has 0 spiro atoms. The number of hydrogen-bond donors (Lipinski definition) is 2. The fourth-order valence-electron chi connectivity index (χ4n) is 2.73. The van der Waals surface area contributed by atoms with Crippen LogP contribution in [0.25, 0.3) is 0 Å². The van der Waals surface area contributed by atoms with E-state index in [0.717, 1.165) is 31.6 Å². The van der Waals surface area contributed by atoms with Crippen molar-refractivity contribution in [1.29, 1.82) is 0 Å². The highest BCUT2D eigenvalue weighted by molar-refractivity contribution is 5.80. The third-order valence-corrected chi connectivity index (χ3v) is 4.59. The number of carboxylic acids is 1. The van der Waals surface area contributed by atoms with E-state index in [-0.39, 0.29) is 17.9 Å². The van der Waals surface area contributed by atoms with E-state index in [9.17, 15) is 9.59 Å². The molecule has 0 radical (unpaired) electrons. The quantitative estimate of drug-likeness (QED) is 0.806. The number of rotatable bonds is 5. The molecule has 1 saturated carbocycles. The normalized spacial score (nSPS) is 26.8. The van der Waals surface area contributed by atoms with E-state index in [4.69, 9.17) is 5.11 Å². The Morgan fingerprint density at radius 1 is 1.05 bits per heavy atom. The molecule has 0 aromatic heterocycles. The Hall–Kier alpha value is -1.06. The van der Waals surface area contributed by atoms with Crippen LogP contribution in [-0.2, 0) is 9.59 Å². The molecule has 4 nitrogen and oxygen atoms in total. The van der Waals surface area contributed by atoms with E-state index in [1.165, 1.54) is 0 Å². The molecule has 4 heteroatoms. The Labute approximate surface area is 116 Å². The van der Waals surface area contributed by atoms with Gasteiger partial charge in [-0.05, 0) is 51.4 Å². The van der Waals surface area contributed by atoms with Crippen LogP contribution in [0.2, 0.25) is 0 Å². The zero-order valence-electron chi connectivity index (χ0n) is 12.5. The van der Waals surface area contributed by atoms with Crippen LogP contribution in [0, 0.1) is 23.7 Å². The summed E-state index contributed by atoms with van der Waals surface area (Å²) < 4.78 is 0. The Morgan fingerprint density at radius 2 is 1.58 bits per heavy atom. The Bertz CT molecular complexity index is 319. The van der Waals surface area contributed by atoms with Crippen LogP contribution in [0.5, 0.6) is 0 Å². The lowest BCUT2D eigenvalue weighted by Gasteiger charge is -2.31. The molecule has 0 aromatic carbocycles. The molecule has 1 aliphatic rings. The van der Waals surface area contributed by atoms with E-state index < -0.39 is 11.9 Å². The molecule has 1 rings (SSSR count). The minimum Gasteiger partial charge on any atom is -0.481 e. The van der Waals surface area contributed by atoms with Crippen molar-refractivity contribution in [2.75, 3.05) is 0 Å². The van der Waals surface area contributed by atoms with Gasteiger partial charge in [-0.2, -0.15) is 0 Å². The minimum atomic E-state index is -0.865. The van der Waals surface area contributed by atoms with Gasteiger partial charge in [-0.1, -0.05) is 13.8 Å². The predicted octanol–water partition coefficient (Wildman–Crippen LogP) is 2.67. The van der Waals surface area contributed by atoms with Gasteiger partial charge in [-0.25, -0.2) is 0 Å². The highest BCUT2D eigenvalue weighted by Gasteiger charge is 2.29. The Kier molecular flexibility index (Phi) is 5.83. The largest absolute Gasteiger partial charge is 0.481 e. The number of carbonyl (C=O) groups is 2. The maximum Gasteiger partial charge on any atom is 0.308 e. The summed E-state index contributed by atoms with van der Waals surface area (Å²) in [5, 5.41) is 11.8. The first kappa shape index (κ1) is 16.0. The SMILES string of the molecule is CC(C)C1CCC(C(=O)NC(C)C(C)C(=O)O)CC1. The standard InChI is InChI=1S/C15H27NO3/c1-9(2)12-5-7-13(8-6-12)14(17)16-11(4)10(3)15(18)19/h9-13H,5-8H2,1-4H3,(H,16,17)(H,18,19). The van der Waals surface area contributed by atoms with Crippen molar-refractivity contribution in [2.45, 2.75) is 59.4 Å². The molecule has 0 heterocycles. The number of nitrogens with one attached hydrogen (secondary N) is 1. The van der Waals surface area contributed by atoms with Crippen LogP contribution in [0.3, 0.4) is 0 Å². The molecule has 0 aromatic rings. The van der Waals surface area contributed by atoms with Gasteiger partial charge in [0, 0.05) is 12.0 Å². The second-order valence-corrected chi connectivity index (χ2v) is 6.28. The van der Waals surface area contributed by atoms with Crippen LogP contribution < -0.4 is 5.32 Å². The smallest absolute Gasteiger partial charge is 0.308 e. The van der Waals surface area contributed by atoms with Crippen molar-refractivity contribution in [1.82, 2.24) is 5.32 Å². The number of carboxylic acid groups (broad SMARTS) is 1. The van der Waals surface area contributed by atoms with Crippen molar-refractivity contribution in [3.05, 3.63) is 0 Å².